The average Bonchev–Trinajstić information content (AvgIpc) is 3.08. The van der Waals surface area contributed by atoms with E-state index in [1.54, 1.807) is 30.3 Å². The molecule has 0 spiro atoms. The Balaban J connectivity index is 2.34. The Morgan fingerprint density at radius 1 is 1.41 bits per heavy atom. The summed E-state index contributed by atoms with van der Waals surface area (Å²) in [6.07, 6.45) is 6.53. The molecule has 0 saturated carbocycles. The van der Waals surface area contributed by atoms with Crippen molar-refractivity contribution in [2.24, 2.45) is 7.05 Å². The SMILES string of the molecule is COC(=O)c1sc2cnc([S@@](C)=O)nc2c1-c1cnn(C)c1. The van der Waals surface area contributed by atoms with Gasteiger partial charge in [0.05, 0.1) is 34.3 Å². The molecule has 3 aromatic rings. The minimum Gasteiger partial charge on any atom is -0.465 e. The highest BCUT2D eigenvalue weighted by Crippen LogP contribution is 2.37. The van der Waals surface area contributed by atoms with Gasteiger partial charge in [-0.3, -0.25) is 8.89 Å². The molecule has 3 rings (SSSR count). The third kappa shape index (κ3) is 2.42. The van der Waals surface area contributed by atoms with Crippen LogP contribution in [0.2, 0.25) is 0 Å². The van der Waals surface area contributed by atoms with Crippen molar-refractivity contribution in [3.63, 3.8) is 0 Å². The molecule has 3 heterocycles. The Kier molecular flexibility index (Phi) is 3.75. The van der Waals surface area contributed by atoms with Crippen LogP contribution >= 0.6 is 11.3 Å². The quantitative estimate of drug-likeness (QED) is 0.533. The van der Waals surface area contributed by atoms with Crippen molar-refractivity contribution in [3.8, 4) is 11.1 Å². The molecular weight excluding hydrogens is 324 g/mol. The Morgan fingerprint density at radius 3 is 2.77 bits per heavy atom. The fourth-order valence-electron chi connectivity index (χ4n) is 2.07. The molecule has 0 radical (unpaired) electrons. The van der Waals surface area contributed by atoms with Gasteiger partial charge >= 0.3 is 5.97 Å². The van der Waals surface area contributed by atoms with E-state index < -0.39 is 16.8 Å². The normalized spacial score (nSPS) is 12.5. The number of hydrogen-bond acceptors (Lipinski definition) is 7. The van der Waals surface area contributed by atoms with Gasteiger partial charge < -0.3 is 4.74 Å². The molecular formula is C13H12N4O3S2. The third-order valence-corrected chi connectivity index (χ3v) is 4.83. The number of aryl methyl sites for hydroxylation is 1. The first-order valence-corrected chi connectivity index (χ1v) is 8.59. The van der Waals surface area contributed by atoms with E-state index in [9.17, 15) is 9.00 Å². The smallest absolute Gasteiger partial charge is 0.348 e. The van der Waals surface area contributed by atoms with Crippen molar-refractivity contribution >= 4 is 38.3 Å². The van der Waals surface area contributed by atoms with Crippen LogP contribution in [0.15, 0.2) is 23.7 Å². The zero-order valence-corrected chi connectivity index (χ0v) is 13.7. The molecule has 7 nitrogen and oxygen atoms in total. The lowest BCUT2D eigenvalue weighted by Crippen LogP contribution is -2.00. The lowest BCUT2D eigenvalue weighted by molar-refractivity contribution is 0.0607. The van der Waals surface area contributed by atoms with Gasteiger partial charge in [0.1, 0.15) is 4.88 Å². The van der Waals surface area contributed by atoms with Crippen LogP contribution < -0.4 is 0 Å². The summed E-state index contributed by atoms with van der Waals surface area (Å²) in [5, 5.41) is 4.36. The molecule has 0 N–H and O–H groups in total. The van der Waals surface area contributed by atoms with E-state index in [0.717, 1.165) is 10.3 Å². The first-order chi connectivity index (χ1) is 10.5. The van der Waals surface area contributed by atoms with Crippen LogP contribution in [-0.4, -0.2) is 43.3 Å². The lowest BCUT2D eigenvalue weighted by atomic mass is 10.1. The molecule has 3 aromatic heterocycles. The molecule has 1 atom stereocenters. The number of esters is 1. The van der Waals surface area contributed by atoms with Crippen LogP contribution in [0.1, 0.15) is 9.67 Å². The van der Waals surface area contributed by atoms with E-state index in [4.69, 9.17) is 4.74 Å². The number of methoxy groups -OCH3 is 1. The number of fused-ring (bicyclic) bond motifs is 1. The predicted octanol–water partition coefficient (Wildman–Crippen LogP) is 1.62. The van der Waals surface area contributed by atoms with Crippen LogP contribution in [0, 0.1) is 0 Å². The van der Waals surface area contributed by atoms with Crippen LogP contribution in [0.25, 0.3) is 21.3 Å². The lowest BCUT2D eigenvalue weighted by Gasteiger charge is -2.00. The third-order valence-electron chi connectivity index (χ3n) is 3.03. The van der Waals surface area contributed by atoms with Crippen LogP contribution in [0.5, 0.6) is 0 Å². The average molecular weight is 336 g/mol. The van der Waals surface area contributed by atoms with Crippen molar-refractivity contribution in [2.45, 2.75) is 5.16 Å². The van der Waals surface area contributed by atoms with Crippen LogP contribution in [-0.2, 0) is 22.6 Å². The van der Waals surface area contributed by atoms with Gasteiger partial charge in [-0.25, -0.2) is 14.8 Å². The van der Waals surface area contributed by atoms with Gasteiger partial charge in [0.2, 0.25) is 5.16 Å². The number of nitrogens with zero attached hydrogens (tertiary/aromatic N) is 4. The molecule has 0 aliphatic heterocycles. The molecule has 0 saturated heterocycles. The Labute approximate surface area is 132 Å². The van der Waals surface area contributed by atoms with E-state index in [1.165, 1.54) is 24.7 Å². The van der Waals surface area contributed by atoms with Crippen molar-refractivity contribution in [1.29, 1.82) is 0 Å². The second-order valence-corrected chi connectivity index (χ2v) is 6.85. The highest BCUT2D eigenvalue weighted by atomic mass is 32.2. The number of thiophene rings is 1. The van der Waals surface area contributed by atoms with E-state index in [1.807, 2.05) is 0 Å². The van der Waals surface area contributed by atoms with Crippen molar-refractivity contribution in [1.82, 2.24) is 19.7 Å². The zero-order valence-electron chi connectivity index (χ0n) is 12.1. The first kappa shape index (κ1) is 14.8. The second kappa shape index (κ2) is 5.58. The van der Waals surface area contributed by atoms with Crippen molar-refractivity contribution in [3.05, 3.63) is 23.5 Å². The Bertz CT molecular complexity index is 900. The zero-order chi connectivity index (χ0) is 15.9. The van der Waals surface area contributed by atoms with Gasteiger partial charge in [-0.2, -0.15) is 5.10 Å². The number of hydrogen-bond donors (Lipinski definition) is 0. The molecule has 0 aliphatic carbocycles. The minimum absolute atomic E-state index is 0.229. The monoisotopic (exact) mass is 336 g/mol. The Morgan fingerprint density at radius 2 is 2.18 bits per heavy atom. The maximum Gasteiger partial charge on any atom is 0.348 e. The molecule has 22 heavy (non-hydrogen) atoms. The summed E-state index contributed by atoms with van der Waals surface area (Å²) in [5.41, 5.74) is 1.97. The maximum absolute atomic E-state index is 12.1. The van der Waals surface area contributed by atoms with Crippen molar-refractivity contribution < 1.29 is 13.7 Å². The topological polar surface area (TPSA) is 87.0 Å². The van der Waals surface area contributed by atoms with E-state index in [0.29, 0.717) is 16.0 Å². The number of rotatable bonds is 3. The summed E-state index contributed by atoms with van der Waals surface area (Å²) < 4.78 is 18.8. The molecule has 0 unspecified atom stereocenters. The first-order valence-electron chi connectivity index (χ1n) is 6.21. The summed E-state index contributed by atoms with van der Waals surface area (Å²) in [5.74, 6) is -0.443. The highest BCUT2D eigenvalue weighted by molar-refractivity contribution is 7.84. The van der Waals surface area contributed by atoms with Gasteiger partial charge in [-0.1, -0.05) is 0 Å². The molecule has 0 amide bonds. The number of carbonyl (C=O) groups excluding carboxylic acids is 1. The van der Waals surface area contributed by atoms with Gasteiger partial charge in [0, 0.05) is 36.8 Å². The van der Waals surface area contributed by atoms with Gasteiger partial charge in [0.15, 0.2) is 0 Å². The fourth-order valence-corrected chi connectivity index (χ4v) is 3.54. The standard InChI is InChI=1S/C13H12N4O3S2/c1-17-6-7(4-15-17)9-10-8(21-11(9)12(18)20-2)5-14-13(16-10)22(3)19/h4-6H,1-3H3/t22-/m1/s1. The van der Waals surface area contributed by atoms with Gasteiger partial charge in [-0.15, -0.1) is 11.3 Å². The summed E-state index contributed by atoms with van der Waals surface area (Å²) in [6, 6.07) is 0. The van der Waals surface area contributed by atoms with Crippen LogP contribution in [0.4, 0.5) is 0 Å². The number of ether oxygens (including phenoxy) is 1. The number of aromatic nitrogens is 4. The maximum atomic E-state index is 12.1. The molecule has 0 aliphatic rings. The van der Waals surface area contributed by atoms with Crippen LogP contribution in [0.3, 0.4) is 0 Å². The fraction of sp³-hybridized carbons (Fsp3) is 0.231. The highest BCUT2D eigenvalue weighted by Gasteiger charge is 2.23. The van der Waals surface area contributed by atoms with Gasteiger partial charge in [-0.05, 0) is 0 Å². The second-order valence-electron chi connectivity index (χ2n) is 4.52. The summed E-state index contributed by atoms with van der Waals surface area (Å²) in [7, 11) is 1.82. The molecule has 0 fully saturated rings. The largest absolute Gasteiger partial charge is 0.465 e. The molecule has 0 bridgehead atoms. The molecule has 9 heteroatoms. The minimum atomic E-state index is -1.30. The summed E-state index contributed by atoms with van der Waals surface area (Å²) >= 11 is 1.25. The summed E-state index contributed by atoms with van der Waals surface area (Å²) in [6.45, 7) is 0. The molecule has 0 aromatic carbocycles. The van der Waals surface area contributed by atoms with E-state index in [-0.39, 0.29) is 5.16 Å². The Hall–Kier alpha value is -2.13. The van der Waals surface area contributed by atoms with E-state index >= 15 is 0 Å². The predicted molar refractivity (Wildman–Crippen MR) is 83.3 cm³/mol. The van der Waals surface area contributed by atoms with Crippen molar-refractivity contribution in [2.75, 3.05) is 13.4 Å². The summed E-state index contributed by atoms with van der Waals surface area (Å²) in [4.78, 5) is 20.9. The van der Waals surface area contributed by atoms with E-state index in [2.05, 4.69) is 15.1 Å². The number of carbonyl (C=O) groups is 1. The van der Waals surface area contributed by atoms with Gasteiger partial charge in [0.25, 0.3) is 0 Å². The molecule has 114 valence electrons.